The molecule has 1 aliphatic heterocycles. The lowest BCUT2D eigenvalue weighted by Crippen LogP contribution is -2.44. The van der Waals surface area contributed by atoms with E-state index in [4.69, 9.17) is 4.74 Å². The second-order valence-electron chi connectivity index (χ2n) is 4.90. The average Bonchev–Trinajstić information content (AvgIpc) is 2.84. The monoisotopic (exact) mass is 285 g/mol. The van der Waals surface area contributed by atoms with Crippen molar-refractivity contribution < 1.29 is 18.3 Å². The fourth-order valence-corrected chi connectivity index (χ4v) is 3.09. The lowest BCUT2D eigenvalue weighted by molar-refractivity contribution is 0.0314. The van der Waals surface area contributed by atoms with Crippen LogP contribution in [-0.2, 0) is 21.2 Å². The van der Waals surface area contributed by atoms with Crippen LogP contribution in [0.2, 0.25) is 0 Å². The number of aryl methyl sites for hydroxylation is 1. The van der Waals surface area contributed by atoms with Crippen LogP contribution in [-0.4, -0.2) is 44.6 Å². The second kappa shape index (κ2) is 6.00. The molecule has 0 radical (unpaired) electrons. The summed E-state index contributed by atoms with van der Waals surface area (Å²) in [5, 5.41) is 9.99. The smallest absolute Gasteiger partial charge is 0.212 e. The topological polar surface area (TPSA) is 75.6 Å². The summed E-state index contributed by atoms with van der Waals surface area (Å²) >= 11 is 0. The zero-order chi connectivity index (χ0) is 13.8. The molecular formula is C13H19NO4S. The van der Waals surface area contributed by atoms with Crippen molar-refractivity contribution in [3.05, 3.63) is 35.9 Å². The summed E-state index contributed by atoms with van der Waals surface area (Å²) in [6.07, 6.45) is 0.930. The van der Waals surface area contributed by atoms with E-state index in [0.29, 0.717) is 19.4 Å². The van der Waals surface area contributed by atoms with Crippen molar-refractivity contribution in [2.24, 2.45) is 0 Å². The molecule has 1 aliphatic rings. The van der Waals surface area contributed by atoms with Crippen LogP contribution in [0.25, 0.3) is 0 Å². The highest BCUT2D eigenvalue weighted by Crippen LogP contribution is 2.17. The molecule has 0 aliphatic carbocycles. The Morgan fingerprint density at radius 2 is 2.05 bits per heavy atom. The third-order valence-electron chi connectivity index (χ3n) is 3.21. The first-order valence-electron chi connectivity index (χ1n) is 6.31. The fraction of sp³-hybridized carbons (Fsp3) is 0.538. The third-order valence-corrected chi connectivity index (χ3v) is 4.53. The Morgan fingerprint density at radius 1 is 1.32 bits per heavy atom. The first kappa shape index (κ1) is 14.5. The Hall–Kier alpha value is -0.950. The number of rotatable bonds is 6. The van der Waals surface area contributed by atoms with Crippen LogP contribution in [0.3, 0.4) is 0 Å². The summed E-state index contributed by atoms with van der Waals surface area (Å²) in [7, 11) is -3.37. The van der Waals surface area contributed by atoms with Gasteiger partial charge in [-0.05, 0) is 12.0 Å². The van der Waals surface area contributed by atoms with Crippen molar-refractivity contribution in [3.8, 4) is 0 Å². The van der Waals surface area contributed by atoms with Gasteiger partial charge in [0, 0.05) is 19.6 Å². The fourth-order valence-electron chi connectivity index (χ4n) is 1.95. The molecule has 0 unspecified atom stereocenters. The van der Waals surface area contributed by atoms with E-state index in [2.05, 4.69) is 4.72 Å². The number of hydrogen-bond donors (Lipinski definition) is 2. The molecule has 0 amide bonds. The molecule has 1 aromatic carbocycles. The van der Waals surface area contributed by atoms with Gasteiger partial charge in [0.1, 0.15) is 5.60 Å². The van der Waals surface area contributed by atoms with Gasteiger partial charge in [0.2, 0.25) is 10.0 Å². The average molecular weight is 285 g/mol. The van der Waals surface area contributed by atoms with Crippen LogP contribution in [0.4, 0.5) is 0 Å². The Balaban J connectivity index is 1.82. The zero-order valence-corrected chi connectivity index (χ0v) is 11.5. The van der Waals surface area contributed by atoms with Gasteiger partial charge in [-0.15, -0.1) is 0 Å². The van der Waals surface area contributed by atoms with E-state index in [9.17, 15) is 13.5 Å². The highest BCUT2D eigenvalue weighted by Gasteiger charge is 2.33. The molecule has 1 atom stereocenters. The molecule has 1 fully saturated rings. The van der Waals surface area contributed by atoms with Gasteiger partial charge in [0.15, 0.2) is 0 Å². The van der Waals surface area contributed by atoms with Crippen LogP contribution in [0.5, 0.6) is 0 Å². The van der Waals surface area contributed by atoms with Gasteiger partial charge in [-0.1, -0.05) is 30.3 Å². The van der Waals surface area contributed by atoms with Gasteiger partial charge in [-0.2, -0.15) is 0 Å². The summed E-state index contributed by atoms with van der Waals surface area (Å²) in [6.45, 7) is 0.681. The summed E-state index contributed by atoms with van der Waals surface area (Å²) < 4.78 is 31.2. The van der Waals surface area contributed by atoms with Gasteiger partial charge >= 0.3 is 0 Å². The van der Waals surface area contributed by atoms with Gasteiger partial charge in [-0.25, -0.2) is 13.1 Å². The predicted molar refractivity (Wildman–Crippen MR) is 72.3 cm³/mol. The number of sulfonamides is 1. The van der Waals surface area contributed by atoms with Crippen LogP contribution >= 0.6 is 0 Å². The first-order valence-corrected chi connectivity index (χ1v) is 7.96. The molecule has 0 aromatic heterocycles. The molecule has 0 spiro atoms. The van der Waals surface area contributed by atoms with E-state index >= 15 is 0 Å². The Morgan fingerprint density at radius 3 is 2.68 bits per heavy atom. The number of aliphatic hydroxyl groups is 1. The summed E-state index contributed by atoms with van der Waals surface area (Å²) in [5.41, 5.74) is -0.0735. The van der Waals surface area contributed by atoms with Crippen molar-refractivity contribution in [2.75, 3.05) is 25.5 Å². The van der Waals surface area contributed by atoms with Gasteiger partial charge in [0.25, 0.3) is 0 Å². The standard InChI is InChI=1S/C13H19NO4S/c15-13(7-8-18-11-13)10-14-19(16,17)9-6-12-4-2-1-3-5-12/h1-5,14-15H,6-11H2/t13-/m1/s1. The minimum Gasteiger partial charge on any atom is -0.386 e. The molecule has 106 valence electrons. The van der Waals surface area contributed by atoms with Crippen LogP contribution < -0.4 is 4.72 Å². The molecule has 0 saturated carbocycles. The maximum atomic E-state index is 11.8. The van der Waals surface area contributed by atoms with Crippen molar-refractivity contribution >= 4 is 10.0 Å². The number of nitrogens with one attached hydrogen (secondary N) is 1. The largest absolute Gasteiger partial charge is 0.386 e. The molecule has 2 rings (SSSR count). The van der Waals surface area contributed by atoms with Crippen molar-refractivity contribution in [2.45, 2.75) is 18.4 Å². The molecule has 1 aromatic rings. The van der Waals surface area contributed by atoms with E-state index in [1.165, 1.54) is 0 Å². The van der Waals surface area contributed by atoms with E-state index in [1.54, 1.807) is 0 Å². The summed E-state index contributed by atoms with van der Waals surface area (Å²) in [6, 6.07) is 9.45. The molecule has 1 saturated heterocycles. The maximum Gasteiger partial charge on any atom is 0.212 e. The first-order chi connectivity index (χ1) is 8.99. The lowest BCUT2D eigenvalue weighted by Gasteiger charge is -2.20. The number of benzene rings is 1. The van der Waals surface area contributed by atoms with Crippen molar-refractivity contribution in [1.82, 2.24) is 4.72 Å². The highest BCUT2D eigenvalue weighted by molar-refractivity contribution is 7.89. The lowest BCUT2D eigenvalue weighted by atomic mass is 10.1. The molecular weight excluding hydrogens is 266 g/mol. The highest BCUT2D eigenvalue weighted by atomic mass is 32.2. The number of hydrogen-bond acceptors (Lipinski definition) is 4. The summed E-state index contributed by atoms with van der Waals surface area (Å²) in [4.78, 5) is 0. The molecule has 1 heterocycles. The maximum absolute atomic E-state index is 11.8. The van der Waals surface area contributed by atoms with Gasteiger partial charge < -0.3 is 9.84 Å². The van der Waals surface area contributed by atoms with E-state index in [-0.39, 0.29) is 18.9 Å². The quantitative estimate of drug-likeness (QED) is 0.788. The number of ether oxygens (including phenoxy) is 1. The Bertz CT molecular complexity index is 495. The molecule has 0 bridgehead atoms. The van der Waals surface area contributed by atoms with Crippen LogP contribution in [0.1, 0.15) is 12.0 Å². The molecule has 5 nitrogen and oxygen atoms in total. The molecule has 2 N–H and O–H groups in total. The third kappa shape index (κ3) is 4.58. The summed E-state index contributed by atoms with van der Waals surface area (Å²) in [5.74, 6) is 0.0218. The van der Waals surface area contributed by atoms with Crippen LogP contribution in [0.15, 0.2) is 30.3 Å². The van der Waals surface area contributed by atoms with E-state index in [0.717, 1.165) is 5.56 Å². The zero-order valence-electron chi connectivity index (χ0n) is 10.7. The second-order valence-corrected chi connectivity index (χ2v) is 6.83. The van der Waals surface area contributed by atoms with Gasteiger partial charge in [0.05, 0.1) is 12.4 Å². The Kier molecular flexibility index (Phi) is 4.57. The Labute approximate surface area is 113 Å². The SMILES string of the molecule is O=S(=O)(CCc1ccccc1)NC[C@]1(O)CCOC1. The van der Waals surface area contributed by atoms with E-state index in [1.807, 2.05) is 30.3 Å². The van der Waals surface area contributed by atoms with E-state index < -0.39 is 15.6 Å². The van der Waals surface area contributed by atoms with Crippen LogP contribution in [0, 0.1) is 0 Å². The normalized spacial score (nSPS) is 23.6. The van der Waals surface area contributed by atoms with Gasteiger partial charge in [-0.3, -0.25) is 0 Å². The predicted octanol–water partition coefficient (Wildman–Crippen LogP) is 0.300. The minimum atomic E-state index is -3.37. The van der Waals surface area contributed by atoms with Crippen molar-refractivity contribution in [3.63, 3.8) is 0 Å². The van der Waals surface area contributed by atoms with Crippen molar-refractivity contribution in [1.29, 1.82) is 0 Å². The molecule has 19 heavy (non-hydrogen) atoms. The molecule has 6 heteroatoms. The minimum absolute atomic E-state index is 0.0180.